The molecule has 1 saturated heterocycles. The lowest BCUT2D eigenvalue weighted by molar-refractivity contribution is 0.158. The summed E-state index contributed by atoms with van der Waals surface area (Å²) in [6, 6.07) is 0.792. The number of likely N-dealkylation sites (tertiary alicyclic amines) is 1. The Bertz CT molecular complexity index is 253. The van der Waals surface area contributed by atoms with Gasteiger partial charge in [-0.05, 0) is 52.1 Å². The van der Waals surface area contributed by atoms with Crippen LogP contribution >= 0.6 is 0 Å². The second-order valence-electron chi connectivity index (χ2n) is 5.51. The van der Waals surface area contributed by atoms with Gasteiger partial charge in [-0.1, -0.05) is 13.3 Å². The minimum Gasteiger partial charge on any atom is -0.356 e. The van der Waals surface area contributed by atoms with E-state index in [2.05, 4.69) is 34.4 Å². The molecule has 0 aromatic carbocycles. The Kier molecular flexibility index (Phi) is 8.63. The van der Waals surface area contributed by atoms with Gasteiger partial charge in [0.2, 0.25) is 0 Å². The van der Waals surface area contributed by atoms with Gasteiger partial charge in [-0.25, -0.2) is 0 Å². The molecular formula is C15H32N4. The topological polar surface area (TPSA) is 39.7 Å². The van der Waals surface area contributed by atoms with Crippen molar-refractivity contribution in [2.45, 2.75) is 58.4 Å². The number of nitrogens with one attached hydrogen (secondary N) is 2. The molecule has 1 atom stereocenters. The summed E-state index contributed by atoms with van der Waals surface area (Å²) in [7, 11) is 1.83. The van der Waals surface area contributed by atoms with Crippen LogP contribution in [-0.4, -0.2) is 50.1 Å². The molecule has 1 rings (SSSR count). The van der Waals surface area contributed by atoms with Crippen molar-refractivity contribution in [3.05, 3.63) is 0 Å². The molecule has 2 N–H and O–H groups in total. The van der Waals surface area contributed by atoms with Gasteiger partial charge in [-0.2, -0.15) is 0 Å². The van der Waals surface area contributed by atoms with E-state index >= 15 is 0 Å². The summed E-state index contributed by atoms with van der Waals surface area (Å²) in [6.45, 7) is 9.10. The van der Waals surface area contributed by atoms with Crippen LogP contribution in [-0.2, 0) is 0 Å². The first kappa shape index (κ1) is 16.3. The number of hydrogen-bond acceptors (Lipinski definition) is 2. The normalized spacial score (nSPS) is 21.4. The number of guanidine groups is 1. The zero-order valence-electron chi connectivity index (χ0n) is 13.0. The number of hydrogen-bond donors (Lipinski definition) is 2. The van der Waals surface area contributed by atoms with Gasteiger partial charge in [0.15, 0.2) is 5.96 Å². The third kappa shape index (κ3) is 6.81. The molecule has 4 heteroatoms. The van der Waals surface area contributed by atoms with Crippen molar-refractivity contribution in [1.29, 1.82) is 0 Å². The zero-order chi connectivity index (χ0) is 13.9. The summed E-state index contributed by atoms with van der Waals surface area (Å²) >= 11 is 0. The third-order valence-corrected chi connectivity index (χ3v) is 3.87. The monoisotopic (exact) mass is 268 g/mol. The Balaban J connectivity index is 2.03. The molecule has 112 valence electrons. The maximum Gasteiger partial charge on any atom is 0.190 e. The number of piperidine rings is 1. The molecule has 0 amide bonds. The van der Waals surface area contributed by atoms with Crippen molar-refractivity contribution in [1.82, 2.24) is 15.5 Å². The highest BCUT2D eigenvalue weighted by Gasteiger charge is 2.16. The van der Waals surface area contributed by atoms with Gasteiger partial charge in [0.1, 0.15) is 0 Å². The van der Waals surface area contributed by atoms with Gasteiger partial charge in [0.25, 0.3) is 0 Å². The van der Waals surface area contributed by atoms with Crippen LogP contribution in [0.15, 0.2) is 4.99 Å². The summed E-state index contributed by atoms with van der Waals surface area (Å²) in [5.74, 6) is 0.938. The molecule has 0 aliphatic carbocycles. The molecule has 0 bridgehead atoms. The molecule has 0 aromatic heterocycles. The molecule has 1 fully saturated rings. The van der Waals surface area contributed by atoms with E-state index < -0.39 is 0 Å². The fourth-order valence-corrected chi connectivity index (χ4v) is 2.60. The van der Waals surface area contributed by atoms with E-state index in [1.807, 2.05) is 7.05 Å². The van der Waals surface area contributed by atoms with E-state index in [1.165, 1.54) is 45.2 Å². The Hall–Kier alpha value is -0.770. The van der Waals surface area contributed by atoms with E-state index in [0.717, 1.165) is 31.5 Å². The number of unbranched alkanes of at least 4 members (excludes halogenated alkanes) is 1. The predicted octanol–water partition coefficient (Wildman–Crippen LogP) is 2.22. The second kappa shape index (κ2) is 10.1. The van der Waals surface area contributed by atoms with Crippen LogP contribution in [0.2, 0.25) is 0 Å². The van der Waals surface area contributed by atoms with Crippen molar-refractivity contribution < 1.29 is 0 Å². The van der Waals surface area contributed by atoms with Gasteiger partial charge < -0.3 is 15.5 Å². The Morgan fingerprint density at radius 1 is 1.21 bits per heavy atom. The Morgan fingerprint density at radius 2 is 2.00 bits per heavy atom. The molecule has 0 aromatic rings. The first-order valence-electron chi connectivity index (χ1n) is 7.96. The van der Waals surface area contributed by atoms with Crippen LogP contribution in [0.5, 0.6) is 0 Å². The molecule has 0 spiro atoms. The smallest absolute Gasteiger partial charge is 0.190 e. The lowest BCUT2D eigenvalue weighted by Gasteiger charge is -2.33. The van der Waals surface area contributed by atoms with Crippen molar-refractivity contribution in [3.8, 4) is 0 Å². The van der Waals surface area contributed by atoms with Crippen molar-refractivity contribution >= 4 is 5.96 Å². The first-order valence-corrected chi connectivity index (χ1v) is 7.96. The van der Waals surface area contributed by atoms with E-state index in [9.17, 15) is 0 Å². The fourth-order valence-electron chi connectivity index (χ4n) is 2.60. The lowest BCUT2D eigenvalue weighted by atomic mass is 10.0. The number of nitrogens with zero attached hydrogens (tertiary/aromatic N) is 2. The molecule has 1 aliphatic rings. The molecule has 1 heterocycles. The third-order valence-electron chi connectivity index (χ3n) is 3.87. The summed E-state index contributed by atoms with van der Waals surface area (Å²) < 4.78 is 0. The molecule has 4 nitrogen and oxygen atoms in total. The van der Waals surface area contributed by atoms with E-state index in [4.69, 9.17) is 0 Å². The Labute approximate surface area is 119 Å². The second-order valence-corrected chi connectivity index (χ2v) is 5.51. The van der Waals surface area contributed by atoms with Crippen molar-refractivity contribution in [3.63, 3.8) is 0 Å². The van der Waals surface area contributed by atoms with Crippen LogP contribution in [0.1, 0.15) is 52.4 Å². The van der Waals surface area contributed by atoms with Crippen LogP contribution in [0, 0.1) is 0 Å². The standard InChI is InChI=1S/C15H32N4/c1-4-10-17-15(16-3)18-11-6-8-13-19-12-7-5-9-14(19)2/h14H,4-13H2,1-3H3,(H2,16,17,18). The van der Waals surface area contributed by atoms with Gasteiger partial charge in [-0.15, -0.1) is 0 Å². The quantitative estimate of drug-likeness (QED) is 0.422. The largest absolute Gasteiger partial charge is 0.356 e. The van der Waals surface area contributed by atoms with Crippen LogP contribution in [0.3, 0.4) is 0 Å². The Morgan fingerprint density at radius 3 is 2.68 bits per heavy atom. The van der Waals surface area contributed by atoms with Gasteiger partial charge in [-0.3, -0.25) is 4.99 Å². The average molecular weight is 268 g/mol. The highest BCUT2D eigenvalue weighted by atomic mass is 15.2. The van der Waals surface area contributed by atoms with Crippen LogP contribution in [0.4, 0.5) is 0 Å². The lowest BCUT2D eigenvalue weighted by Crippen LogP contribution is -2.39. The van der Waals surface area contributed by atoms with Crippen molar-refractivity contribution in [2.24, 2.45) is 4.99 Å². The average Bonchev–Trinajstić information content (AvgIpc) is 2.43. The molecule has 0 saturated carbocycles. The van der Waals surface area contributed by atoms with Crippen molar-refractivity contribution in [2.75, 3.05) is 33.2 Å². The molecule has 19 heavy (non-hydrogen) atoms. The zero-order valence-corrected chi connectivity index (χ0v) is 13.0. The van der Waals surface area contributed by atoms with E-state index in [1.54, 1.807) is 0 Å². The minimum absolute atomic E-state index is 0.792. The number of rotatable bonds is 7. The maximum absolute atomic E-state index is 4.21. The number of aliphatic imine (C=N–C) groups is 1. The molecule has 0 radical (unpaired) electrons. The first-order chi connectivity index (χ1) is 9.27. The minimum atomic E-state index is 0.792. The van der Waals surface area contributed by atoms with E-state index in [0.29, 0.717) is 0 Å². The molecule has 1 aliphatic heterocycles. The van der Waals surface area contributed by atoms with E-state index in [-0.39, 0.29) is 0 Å². The van der Waals surface area contributed by atoms with Crippen LogP contribution in [0.25, 0.3) is 0 Å². The predicted molar refractivity (Wildman–Crippen MR) is 83.8 cm³/mol. The highest BCUT2D eigenvalue weighted by molar-refractivity contribution is 5.79. The summed E-state index contributed by atoms with van der Waals surface area (Å²) in [5.41, 5.74) is 0. The maximum atomic E-state index is 4.21. The SMILES string of the molecule is CCCNC(=NC)NCCCCN1CCCCC1C. The summed E-state index contributed by atoms with van der Waals surface area (Å²) in [6.07, 6.45) is 7.81. The summed E-state index contributed by atoms with van der Waals surface area (Å²) in [4.78, 5) is 6.86. The molecular weight excluding hydrogens is 236 g/mol. The van der Waals surface area contributed by atoms with Gasteiger partial charge in [0.05, 0.1) is 0 Å². The molecule has 1 unspecified atom stereocenters. The summed E-state index contributed by atoms with van der Waals surface area (Å²) in [5, 5.41) is 6.67. The highest BCUT2D eigenvalue weighted by Crippen LogP contribution is 2.16. The van der Waals surface area contributed by atoms with Gasteiger partial charge in [0, 0.05) is 26.2 Å². The van der Waals surface area contributed by atoms with Crippen LogP contribution < -0.4 is 10.6 Å². The van der Waals surface area contributed by atoms with Gasteiger partial charge >= 0.3 is 0 Å². The fraction of sp³-hybridized carbons (Fsp3) is 0.933.